The third kappa shape index (κ3) is 4.58. The minimum absolute atomic E-state index is 0.00246. The van der Waals surface area contributed by atoms with Gasteiger partial charge in [-0.1, -0.05) is 68.8 Å². The van der Waals surface area contributed by atoms with Crippen LogP contribution >= 0.6 is 11.8 Å². The molecule has 7 heteroatoms. The lowest BCUT2D eigenvalue weighted by atomic mass is 9.78. The van der Waals surface area contributed by atoms with Crippen LogP contribution in [0.4, 0.5) is 0 Å². The summed E-state index contributed by atoms with van der Waals surface area (Å²) in [4.78, 5) is 24.4. The molecule has 1 heterocycles. The molecule has 26 heavy (non-hydrogen) atoms. The molecule has 3 atom stereocenters. The summed E-state index contributed by atoms with van der Waals surface area (Å²) in [7, 11) is 0. The molecule has 3 rings (SSSR count). The van der Waals surface area contributed by atoms with Crippen molar-refractivity contribution in [1.29, 1.82) is 0 Å². The maximum atomic E-state index is 12.4. The molecule has 1 aliphatic carbocycles. The van der Waals surface area contributed by atoms with E-state index in [0.717, 1.165) is 12.0 Å². The first kappa shape index (κ1) is 18.8. The molecule has 2 N–H and O–H groups in total. The Labute approximate surface area is 157 Å². The first-order chi connectivity index (χ1) is 12.5. The van der Waals surface area contributed by atoms with E-state index in [1.54, 1.807) is 4.57 Å². The highest BCUT2D eigenvalue weighted by molar-refractivity contribution is 7.99. The second-order valence-electron chi connectivity index (χ2n) is 7.11. The van der Waals surface area contributed by atoms with E-state index in [2.05, 4.69) is 29.4 Å². The second kappa shape index (κ2) is 8.58. The molecule has 0 aliphatic heterocycles. The van der Waals surface area contributed by atoms with Gasteiger partial charge >= 0.3 is 5.69 Å². The quantitative estimate of drug-likeness (QED) is 0.762. The molecule has 0 bridgehead atoms. The summed E-state index contributed by atoms with van der Waals surface area (Å²) in [5.74, 6) is 1.41. The van der Waals surface area contributed by atoms with Crippen LogP contribution in [0.3, 0.4) is 0 Å². The van der Waals surface area contributed by atoms with E-state index in [-0.39, 0.29) is 23.4 Å². The van der Waals surface area contributed by atoms with Gasteiger partial charge in [0.1, 0.15) is 0 Å². The second-order valence-corrected chi connectivity index (χ2v) is 8.06. The Morgan fingerprint density at radius 1 is 1.31 bits per heavy atom. The van der Waals surface area contributed by atoms with Crippen LogP contribution in [0.5, 0.6) is 0 Å². The number of carbonyl (C=O) groups is 1. The van der Waals surface area contributed by atoms with Crippen LogP contribution in [0.15, 0.2) is 40.3 Å². The zero-order chi connectivity index (χ0) is 18.5. The van der Waals surface area contributed by atoms with Crippen LogP contribution in [0.1, 0.15) is 38.7 Å². The van der Waals surface area contributed by atoms with Crippen molar-refractivity contribution >= 4 is 17.7 Å². The molecule has 1 aromatic carbocycles. The lowest BCUT2D eigenvalue weighted by molar-refractivity contribution is -0.120. The zero-order valence-electron chi connectivity index (χ0n) is 15.3. The fourth-order valence-electron chi connectivity index (χ4n) is 3.48. The number of benzene rings is 1. The highest BCUT2D eigenvalue weighted by atomic mass is 32.2. The largest absolute Gasteiger partial charge is 0.352 e. The molecule has 1 aliphatic rings. The fourth-order valence-corrected chi connectivity index (χ4v) is 4.24. The first-order valence-corrected chi connectivity index (χ1v) is 10.1. The SMILES string of the molecule is C[C@H]1[C@H](C)CCC[C@H]1NC(=O)CSc1n[nH]c(=O)n1Cc1ccccc1. The molecule has 1 aromatic heterocycles. The summed E-state index contributed by atoms with van der Waals surface area (Å²) in [6, 6.07) is 9.99. The average Bonchev–Trinajstić information content (AvgIpc) is 2.98. The summed E-state index contributed by atoms with van der Waals surface area (Å²) in [5.41, 5.74) is 0.763. The summed E-state index contributed by atoms with van der Waals surface area (Å²) >= 11 is 1.29. The Hall–Kier alpha value is -2.02. The lowest BCUT2D eigenvalue weighted by Crippen LogP contribution is -2.44. The van der Waals surface area contributed by atoms with E-state index in [1.165, 1.54) is 24.6 Å². The molecule has 2 aromatic rings. The van der Waals surface area contributed by atoms with Crippen LogP contribution in [0.25, 0.3) is 0 Å². The van der Waals surface area contributed by atoms with E-state index in [4.69, 9.17) is 0 Å². The number of hydrogen-bond donors (Lipinski definition) is 2. The number of thioether (sulfide) groups is 1. The number of carbonyl (C=O) groups excluding carboxylic acids is 1. The maximum Gasteiger partial charge on any atom is 0.344 e. The van der Waals surface area contributed by atoms with Crippen molar-refractivity contribution in [3.05, 3.63) is 46.4 Å². The van der Waals surface area contributed by atoms with Crippen molar-refractivity contribution in [3.8, 4) is 0 Å². The molecule has 1 saturated carbocycles. The molecule has 0 radical (unpaired) electrons. The molecule has 140 valence electrons. The number of H-pyrrole nitrogens is 1. The predicted octanol–water partition coefficient (Wildman–Crippen LogP) is 2.65. The van der Waals surface area contributed by atoms with Crippen molar-refractivity contribution in [1.82, 2.24) is 20.1 Å². The van der Waals surface area contributed by atoms with Gasteiger partial charge < -0.3 is 5.32 Å². The number of rotatable bonds is 6. The van der Waals surface area contributed by atoms with Crippen LogP contribution in [0.2, 0.25) is 0 Å². The summed E-state index contributed by atoms with van der Waals surface area (Å²) < 4.78 is 1.57. The van der Waals surface area contributed by atoms with Gasteiger partial charge in [0.15, 0.2) is 5.16 Å². The number of aromatic amines is 1. The van der Waals surface area contributed by atoms with E-state index in [9.17, 15) is 9.59 Å². The Kier molecular flexibility index (Phi) is 6.19. The van der Waals surface area contributed by atoms with E-state index < -0.39 is 0 Å². The van der Waals surface area contributed by atoms with Crippen molar-refractivity contribution in [2.75, 3.05) is 5.75 Å². The summed E-state index contributed by atoms with van der Waals surface area (Å²) in [6.45, 7) is 4.91. The van der Waals surface area contributed by atoms with Gasteiger partial charge in [0.25, 0.3) is 0 Å². The maximum absolute atomic E-state index is 12.4. The van der Waals surface area contributed by atoms with Crippen LogP contribution in [0, 0.1) is 11.8 Å². The molecule has 0 saturated heterocycles. The normalized spacial score (nSPS) is 22.9. The van der Waals surface area contributed by atoms with Gasteiger partial charge in [0, 0.05) is 6.04 Å². The molecular formula is C19H26N4O2S. The molecule has 6 nitrogen and oxygen atoms in total. The lowest BCUT2D eigenvalue weighted by Gasteiger charge is -2.34. The Bertz CT molecular complexity index is 786. The molecule has 1 fully saturated rings. The third-order valence-corrected chi connectivity index (χ3v) is 6.27. The van der Waals surface area contributed by atoms with E-state index >= 15 is 0 Å². The number of nitrogens with one attached hydrogen (secondary N) is 2. The Morgan fingerprint density at radius 3 is 2.85 bits per heavy atom. The minimum atomic E-state index is -0.258. The summed E-state index contributed by atoms with van der Waals surface area (Å²) in [6.07, 6.45) is 3.45. The molecule has 0 spiro atoms. The fraction of sp³-hybridized carbons (Fsp3) is 0.526. The van der Waals surface area contributed by atoms with Gasteiger partial charge in [0.05, 0.1) is 12.3 Å². The van der Waals surface area contributed by atoms with Gasteiger partial charge in [-0.25, -0.2) is 9.89 Å². The summed E-state index contributed by atoms with van der Waals surface area (Å²) in [5, 5.41) is 10.2. The monoisotopic (exact) mass is 374 g/mol. The topological polar surface area (TPSA) is 79.8 Å². The average molecular weight is 375 g/mol. The van der Waals surface area contributed by atoms with E-state index in [0.29, 0.717) is 23.5 Å². The van der Waals surface area contributed by atoms with Gasteiger partial charge in [0.2, 0.25) is 5.91 Å². The highest BCUT2D eigenvalue weighted by Crippen LogP contribution is 2.29. The van der Waals surface area contributed by atoms with Crippen molar-refractivity contribution < 1.29 is 4.79 Å². The number of amides is 1. The number of hydrogen-bond acceptors (Lipinski definition) is 4. The molecule has 1 amide bonds. The van der Waals surface area contributed by atoms with Crippen LogP contribution in [-0.2, 0) is 11.3 Å². The van der Waals surface area contributed by atoms with Crippen LogP contribution in [-0.4, -0.2) is 32.5 Å². The number of aromatic nitrogens is 3. The smallest absolute Gasteiger partial charge is 0.344 e. The molecular weight excluding hydrogens is 348 g/mol. The predicted molar refractivity (Wildman–Crippen MR) is 103 cm³/mol. The van der Waals surface area contributed by atoms with E-state index in [1.807, 2.05) is 30.3 Å². The van der Waals surface area contributed by atoms with Crippen LogP contribution < -0.4 is 11.0 Å². The number of nitrogens with zero attached hydrogens (tertiary/aromatic N) is 2. The standard InChI is InChI=1S/C19H26N4O2S/c1-13-7-6-10-16(14(13)2)20-17(24)12-26-19-22-21-18(25)23(19)11-15-8-4-3-5-9-15/h3-5,8-9,13-14,16H,6-7,10-12H2,1-2H3,(H,20,24)(H,21,25)/t13-,14+,16-/m1/s1. The van der Waals surface area contributed by atoms with Gasteiger partial charge in [-0.05, 0) is 23.8 Å². The Balaban J connectivity index is 1.58. The van der Waals surface area contributed by atoms with Gasteiger partial charge in [-0.15, -0.1) is 5.10 Å². The third-order valence-electron chi connectivity index (χ3n) is 5.29. The van der Waals surface area contributed by atoms with Crippen molar-refractivity contribution in [3.63, 3.8) is 0 Å². The highest BCUT2D eigenvalue weighted by Gasteiger charge is 2.28. The van der Waals surface area contributed by atoms with Gasteiger partial charge in [-0.3, -0.25) is 9.36 Å². The van der Waals surface area contributed by atoms with Gasteiger partial charge in [-0.2, -0.15) is 0 Å². The molecule has 0 unspecified atom stereocenters. The first-order valence-electron chi connectivity index (χ1n) is 9.16. The minimum Gasteiger partial charge on any atom is -0.352 e. The van der Waals surface area contributed by atoms with Crippen molar-refractivity contribution in [2.24, 2.45) is 11.8 Å². The zero-order valence-corrected chi connectivity index (χ0v) is 16.1. The Morgan fingerprint density at radius 2 is 2.08 bits per heavy atom. The van der Waals surface area contributed by atoms with Crippen molar-refractivity contribution in [2.45, 2.75) is 50.9 Å².